The zero-order chi connectivity index (χ0) is 11.5. The number of amides is 1. The number of likely N-dealkylation sites (tertiary alicyclic amines) is 1. The fraction of sp³-hybridized carbons (Fsp3) is 0.636. The number of nitrogens with two attached hydrogens (primary N) is 1. The van der Waals surface area contributed by atoms with Gasteiger partial charge in [-0.2, -0.15) is 5.10 Å². The maximum Gasteiger partial charge on any atom is 0.272 e. The van der Waals surface area contributed by atoms with E-state index in [2.05, 4.69) is 5.10 Å². The molecule has 1 aromatic rings. The highest BCUT2D eigenvalue weighted by Crippen LogP contribution is 2.17. The number of piperidine rings is 1. The van der Waals surface area contributed by atoms with Crippen molar-refractivity contribution in [3.8, 4) is 0 Å². The maximum atomic E-state index is 12.2. The second-order valence-electron chi connectivity index (χ2n) is 4.34. The van der Waals surface area contributed by atoms with Gasteiger partial charge in [0.25, 0.3) is 5.91 Å². The van der Waals surface area contributed by atoms with E-state index in [1.54, 1.807) is 24.0 Å². The number of aromatic nitrogens is 2. The van der Waals surface area contributed by atoms with Crippen LogP contribution in [0.3, 0.4) is 0 Å². The van der Waals surface area contributed by atoms with E-state index in [1.165, 1.54) is 0 Å². The van der Waals surface area contributed by atoms with E-state index >= 15 is 0 Å². The highest BCUT2D eigenvalue weighted by Gasteiger charge is 2.24. The zero-order valence-corrected chi connectivity index (χ0v) is 9.59. The normalized spacial score (nSPS) is 21.1. The van der Waals surface area contributed by atoms with Gasteiger partial charge in [0, 0.05) is 26.3 Å². The van der Waals surface area contributed by atoms with Crippen LogP contribution in [-0.4, -0.2) is 40.2 Å². The van der Waals surface area contributed by atoms with Gasteiger partial charge in [-0.05, 0) is 31.4 Å². The first-order valence-corrected chi connectivity index (χ1v) is 5.69. The molecule has 1 unspecified atom stereocenters. The van der Waals surface area contributed by atoms with Crippen molar-refractivity contribution in [2.45, 2.75) is 12.8 Å². The molecule has 1 amide bonds. The van der Waals surface area contributed by atoms with Gasteiger partial charge >= 0.3 is 0 Å². The van der Waals surface area contributed by atoms with E-state index in [0.29, 0.717) is 18.2 Å². The van der Waals surface area contributed by atoms with E-state index in [-0.39, 0.29) is 5.91 Å². The third-order valence-electron chi connectivity index (χ3n) is 3.18. The predicted octanol–water partition coefficient (Wildman–Crippen LogP) is 0.231. The van der Waals surface area contributed by atoms with Crippen LogP contribution in [0.25, 0.3) is 0 Å². The molecule has 88 valence electrons. The van der Waals surface area contributed by atoms with Gasteiger partial charge in [0.05, 0.1) is 0 Å². The molecule has 1 atom stereocenters. The Hall–Kier alpha value is -1.36. The Kier molecular flexibility index (Phi) is 3.24. The molecule has 1 saturated heterocycles. The summed E-state index contributed by atoms with van der Waals surface area (Å²) in [4.78, 5) is 14.1. The highest BCUT2D eigenvalue weighted by atomic mass is 16.2. The van der Waals surface area contributed by atoms with Crippen molar-refractivity contribution in [3.05, 3.63) is 18.0 Å². The van der Waals surface area contributed by atoms with E-state index in [0.717, 1.165) is 25.9 Å². The van der Waals surface area contributed by atoms with Gasteiger partial charge in [0.2, 0.25) is 0 Å². The number of rotatable bonds is 2. The van der Waals surface area contributed by atoms with Crippen LogP contribution >= 0.6 is 0 Å². The van der Waals surface area contributed by atoms with Gasteiger partial charge in [-0.25, -0.2) is 0 Å². The molecular weight excluding hydrogens is 204 g/mol. The predicted molar refractivity (Wildman–Crippen MR) is 60.9 cm³/mol. The quantitative estimate of drug-likeness (QED) is 0.779. The summed E-state index contributed by atoms with van der Waals surface area (Å²) in [5, 5.41) is 4.02. The summed E-state index contributed by atoms with van der Waals surface area (Å²) >= 11 is 0. The smallest absolute Gasteiger partial charge is 0.272 e. The van der Waals surface area contributed by atoms with Gasteiger partial charge in [0.1, 0.15) is 5.69 Å². The van der Waals surface area contributed by atoms with E-state index in [9.17, 15) is 4.79 Å². The standard InChI is InChI=1S/C11H18N4O/c1-14-10(4-5-13-14)11(16)15-6-2-3-9(7-12)8-15/h4-5,9H,2-3,6-8,12H2,1H3. The second kappa shape index (κ2) is 4.65. The van der Waals surface area contributed by atoms with E-state index in [4.69, 9.17) is 5.73 Å². The Morgan fingerprint density at radius 3 is 3.12 bits per heavy atom. The lowest BCUT2D eigenvalue weighted by Gasteiger charge is -2.32. The third kappa shape index (κ3) is 2.09. The molecule has 1 fully saturated rings. The topological polar surface area (TPSA) is 64.2 Å². The number of hydrogen-bond acceptors (Lipinski definition) is 3. The Labute approximate surface area is 95.2 Å². The fourth-order valence-corrected chi connectivity index (χ4v) is 2.19. The SMILES string of the molecule is Cn1nccc1C(=O)N1CCCC(CN)C1. The van der Waals surface area contributed by atoms with Gasteiger partial charge in [-0.1, -0.05) is 0 Å². The van der Waals surface area contributed by atoms with Crippen molar-refractivity contribution in [2.24, 2.45) is 18.7 Å². The summed E-state index contributed by atoms with van der Waals surface area (Å²) < 4.78 is 1.62. The summed E-state index contributed by atoms with van der Waals surface area (Å²) in [6, 6.07) is 1.76. The Morgan fingerprint density at radius 2 is 2.50 bits per heavy atom. The minimum Gasteiger partial charge on any atom is -0.337 e. The van der Waals surface area contributed by atoms with Crippen LogP contribution in [0.1, 0.15) is 23.3 Å². The third-order valence-corrected chi connectivity index (χ3v) is 3.18. The first-order valence-electron chi connectivity index (χ1n) is 5.69. The van der Waals surface area contributed by atoms with Crippen molar-refractivity contribution in [1.82, 2.24) is 14.7 Å². The second-order valence-corrected chi connectivity index (χ2v) is 4.34. The molecule has 5 heteroatoms. The summed E-state index contributed by atoms with van der Waals surface area (Å²) in [5.74, 6) is 0.518. The first kappa shape index (κ1) is 11.1. The van der Waals surface area contributed by atoms with Gasteiger partial charge < -0.3 is 10.6 Å². The monoisotopic (exact) mass is 222 g/mol. The highest BCUT2D eigenvalue weighted by molar-refractivity contribution is 5.92. The minimum absolute atomic E-state index is 0.0677. The molecule has 1 aliphatic rings. The average Bonchev–Trinajstić information content (AvgIpc) is 2.74. The van der Waals surface area contributed by atoms with Crippen LogP contribution in [-0.2, 0) is 7.05 Å². The van der Waals surface area contributed by atoms with Crippen LogP contribution in [0.15, 0.2) is 12.3 Å². The molecular formula is C11H18N4O. The average molecular weight is 222 g/mol. The van der Waals surface area contributed by atoms with Gasteiger partial charge in [-0.3, -0.25) is 9.48 Å². The molecule has 0 radical (unpaired) electrons. The van der Waals surface area contributed by atoms with Crippen LogP contribution in [0, 0.1) is 5.92 Å². The summed E-state index contributed by atoms with van der Waals surface area (Å²) in [6.45, 7) is 2.27. The van der Waals surface area contributed by atoms with Crippen molar-refractivity contribution in [3.63, 3.8) is 0 Å². The molecule has 2 rings (SSSR count). The molecule has 2 N–H and O–H groups in total. The maximum absolute atomic E-state index is 12.2. The number of carbonyl (C=O) groups excluding carboxylic acids is 1. The minimum atomic E-state index is 0.0677. The summed E-state index contributed by atoms with van der Waals surface area (Å²) in [5.41, 5.74) is 6.31. The molecule has 0 aliphatic carbocycles. The van der Waals surface area contributed by atoms with Crippen LogP contribution in [0.5, 0.6) is 0 Å². The molecule has 2 heterocycles. The number of hydrogen-bond donors (Lipinski definition) is 1. The molecule has 16 heavy (non-hydrogen) atoms. The lowest BCUT2D eigenvalue weighted by molar-refractivity contribution is 0.0667. The van der Waals surface area contributed by atoms with Crippen molar-refractivity contribution in [1.29, 1.82) is 0 Å². The van der Waals surface area contributed by atoms with Gasteiger partial charge in [-0.15, -0.1) is 0 Å². The summed E-state index contributed by atoms with van der Waals surface area (Å²) in [7, 11) is 1.79. The molecule has 1 aromatic heterocycles. The molecule has 5 nitrogen and oxygen atoms in total. The molecule has 0 saturated carbocycles. The largest absolute Gasteiger partial charge is 0.337 e. The zero-order valence-electron chi connectivity index (χ0n) is 9.59. The number of carbonyl (C=O) groups is 1. The van der Waals surface area contributed by atoms with Crippen molar-refractivity contribution in [2.75, 3.05) is 19.6 Å². The Bertz CT molecular complexity index is 374. The summed E-state index contributed by atoms with van der Waals surface area (Å²) in [6.07, 6.45) is 3.83. The first-order chi connectivity index (χ1) is 7.72. The lowest BCUT2D eigenvalue weighted by atomic mass is 9.98. The van der Waals surface area contributed by atoms with E-state index in [1.807, 2.05) is 4.90 Å². The molecule has 0 spiro atoms. The molecule has 1 aliphatic heterocycles. The fourth-order valence-electron chi connectivity index (χ4n) is 2.19. The Morgan fingerprint density at radius 1 is 1.69 bits per heavy atom. The Balaban J connectivity index is 2.07. The van der Waals surface area contributed by atoms with Crippen LogP contribution < -0.4 is 5.73 Å². The molecule has 0 aromatic carbocycles. The van der Waals surface area contributed by atoms with Crippen molar-refractivity contribution >= 4 is 5.91 Å². The number of nitrogens with zero attached hydrogens (tertiary/aromatic N) is 3. The van der Waals surface area contributed by atoms with Crippen molar-refractivity contribution < 1.29 is 4.79 Å². The van der Waals surface area contributed by atoms with E-state index < -0.39 is 0 Å². The molecule has 0 bridgehead atoms. The van der Waals surface area contributed by atoms with Gasteiger partial charge in [0.15, 0.2) is 0 Å². The van der Waals surface area contributed by atoms with Crippen LogP contribution in [0.2, 0.25) is 0 Å². The number of aryl methyl sites for hydroxylation is 1. The lowest BCUT2D eigenvalue weighted by Crippen LogP contribution is -2.42. The van der Waals surface area contributed by atoms with Crippen LogP contribution in [0.4, 0.5) is 0 Å².